The fraction of sp³-hybridized carbons (Fsp3) is 0.368. The molecule has 0 spiro atoms. The molecule has 5 nitrogen and oxygen atoms in total. The van der Waals surface area contributed by atoms with Crippen LogP contribution in [0.15, 0.2) is 42.6 Å². The SMILES string of the molecule is O=C(Nc1ccc(F)cc1F)NC1CCCCN(Cc2ccccn2)C1. The first-order valence-corrected chi connectivity index (χ1v) is 8.75. The fourth-order valence-electron chi connectivity index (χ4n) is 3.14. The van der Waals surface area contributed by atoms with Gasteiger partial charge in [-0.3, -0.25) is 9.88 Å². The maximum atomic E-state index is 13.7. The van der Waals surface area contributed by atoms with Gasteiger partial charge in [-0.05, 0) is 43.7 Å². The van der Waals surface area contributed by atoms with Crippen molar-refractivity contribution >= 4 is 11.7 Å². The van der Waals surface area contributed by atoms with E-state index in [1.54, 1.807) is 6.20 Å². The van der Waals surface area contributed by atoms with Crippen molar-refractivity contribution in [1.82, 2.24) is 15.2 Å². The number of rotatable bonds is 4. The summed E-state index contributed by atoms with van der Waals surface area (Å²) in [5, 5.41) is 5.34. The van der Waals surface area contributed by atoms with Gasteiger partial charge in [-0.1, -0.05) is 12.5 Å². The second-order valence-electron chi connectivity index (χ2n) is 6.47. The lowest BCUT2D eigenvalue weighted by atomic mass is 10.1. The summed E-state index contributed by atoms with van der Waals surface area (Å²) in [5.41, 5.74) is 0.953. The van der Waals surface area contributed by atoms with Crippen LogP contribution < -0.4 is 10.6 Å². The fourth-order valence-corrected chi connectivity index (χ4v) is 3.14. The summed E-state index contributed by atoms with van der Waals surface area (Å²) in [5.74, 6) is -1.47. The molecule has 2 heterocycles. The van der Waals surface area contributed by atoms with Gasteiger partial charge in [-0.15, -0.1) is 0 Å². The number of carbonyl (C=O) groups is 1. The van der Waals surface area contributed by atoms with Gasteiger partial charge in [0.2, 0.25) is 0 Å². The van der Waals surface area contributed by atoms with Crippen molar-refractivity contribution in [3.05, 3.63) is 59.9 Å². The Kier molecular flexibility index (Phi) is 6.12. The smallest absolute Gasteiger partial charge is 0.319 e. The molecule has 0 saturated carbocycles. The number of carbonyl (C=O) groups excluding carboxylic acids is 1. The molecular formula is C19H22F2N4O. The number of hydrogen-bond donors (Lipinski definition) is 2. The highest BCUT2D eigenvalue weighted by Gasteiger charge is 2.20. The second kappa shape index (κ2) is 8.71. The maximum absolute atomic E-state index is 13.7. The lowest BCUT2D eigenvalue weighted by molar-refractivity contribution is 0.231. The normalized spacial score (nSPS) is 18.2. The van der Waals surface area contributed by atoms with Gasteiger partial charge in [-0.2, -0.15) is 0 Å². The molecule has 0 bridgehead atoms. The Hall–Kier alpha value is -2.54. The molecule has 1 aromatic carbocycles. The number of hydrogen-bond acceptors (Lipinski definition) is 3. The number of urea groups is 1. The van der Waals surface area contributed by atoms with E-state index in [9.17, 15) is 13.6 Å². The topological polar surface area (TPSA) is 57.3 Å². The van der Waals surface area contributed by atoms with Gasteiger partial charge in [0.25, 0.3) is 0 Å². The zero-order chi connectivity index (χ0) is 18.4. The predicted octanol–water partition coefficient (Wildman–Crippen LogP) is 3.54. The predicted molar refractivity (Wildman–Crippen MR) is 95.7 cm³/mol. The van der Waals surface area contributed by atoms with Gasteiger partial charge in [0.1, 0.15) is 11.6 Å². The molecule has 2 N–H and O–H groups in total. The Morgan fingerprint density at radius 3 is 2.88 bits per heavy atom. The van der Waals surface area contributed by atoms with E-state index in [1.165, 1.54) is 6.07 Å². The van der Waals surface area contributed by atoms with Crippen LogP contribution >= 0.6 is 0 Å². The van der Waals surface area contributed by atoms with Crippen LogP contribution in [-0.4, -0.2) is 35.0 Å². The first-order valence-electron chi connectivity index (χ1n) is 8.75. The van der Waals surface area contributed by atoms with Crippen LogP contribution in [0.5, 0.6) is 0 Å². The minimum absolute atomic E-state index is 0.0373. The molecule has 1 saturated heterocycles. The third-order valence-electron chi connectivity index (χ3n) is 4.38. The summed E-state index contributed by atoms with van der Waals surface area (Å²) in [4.78, 5) is 18.8. The van der Waals surface area contributed by atoms with Crippen molar-refractivity contribution in [3.63, 3.8) is 0 Å². The molecule has 1 aliphatic heterocycles. The van der Waals surface area contributed by atoms with Crippen LogP contribution in [-0.2, 0) is 6.54 Å². The molecule has 26 heavy (non-hydrogen) atoms. The molecule has 1 atom stereocenters. The number of likely N-dealkylation sites (tertiary alicyclic amines) is 1. The molecule has 3 rings (SSSR count). The monoisotopic (exact) mass is 360 g/mol. The summed E-state index contributed by atoms with van der Waals surface area (Å²) >= 11 is 0. The van der Waals surface area contributed by atoms with E-state index >= 15 is 0 Å². The van der Waals surface area contributed by atoms with Gasteiger partial charge >= 0.3 is 6.03 Å². The van der Waals surface area contributed by atoms with Crippen molar-refractivity contribution in [1.29, 1.82) is 0 Å². The van der Waals surface area contributed by atoms with Crippen LogP contribution in [0, 0.1) is 11.6 Å². The van der Waals surface area contributed by atoms with Crippen LogP contribution in [0.1, 0.15) is 25.0 Å². The van der Waals surface area contributed by atoms with E-state index < -0.39 is 17.7 Å². The third kappa shape index (κ3) is 5.23. The molecule has 0 radical (unpaired) electrons. The largest absolute Gasteiger partial charge is 0.334 e. The number of halogens is 2. The highest BCUT2D eigenvalue weighted by Crippen LogP contribution is 2.16. The Morgan fingerprint density at radius 2 is 2.12 bits per heavy atom. The van der Waals surface area contributed by atoms with E-state index in [4.69, 9.17) is 0 Å². The summed E-state index contributed by atoms with van der Waals surface area (Å²) in [6.07, 6.45) is 4.69. The van der Waals surface area contributed by atoms with Crippen LogP contribution in [0.25, 0.3) is 0 Å². The molecule has 2 aromatic rings. The Morgan fingerprint density at radius 1 is 1.23 bits per heavy atom. The van der Waals surface area contributed by atoms with Gasteiger partial charge in [0, 0.05) is 31.4 Å². The lowest BCUT2D eigenvalue weighted by Gasteiger charge is -2.24. The summed E-state index contributed by atoms with van der Waals surface area (Å²) < 4.78 is 26.6. The molecule has 1 aromatic heterocycles. The molecule has 7 heteroatoms. The average Bonchev–Trinajstić information content (AvgIpc) is 2.83. The molecule has 1 unspecified atom stereocenters. The standard InChI is InChI=1S/C19H22F2N4O/c20-14-7-8-18(17(21)11-14)24-19(26)23-16-6-2-4-10-25(13-16)12-15-5-1-3-9-22-15/h1,3,5,7-9,11,16H,2,4,6,10,12-13H2,(H2,23,24,26). The van der Waals surface area contributed by atoms with E-state index in [0.717, 1.165) is 50.2 Å². The molecule has 138 valence electrons. The maximum Gasteiger partial charge on any atom is 0.319 e. The minimum atomic E-state index is -0.794. The van der Waals surface area contributed by atoms with E-state index in [-0.39, 0.29) is 11.7 Å². The Labute approximate surface area is 151 Å². The van der Waals surface area contributed by atoms with Crippen molar-refractivity contribution in [2.45, 2.75) is 31.8 Å². The second-order valence-corrected chi connectivity index (χ2v) is 6.47. The first kappa shape index (κ1) is 18.3. The molecule has 1 fully saturated rings. The zero-order valence-corrected chi connectivity index (χ0v) is 14.4. The molecule has 2 amide bonds. The number of anilines is 1. The van der Waals surface area contributed by atoms with Gasteiger partial charge in [-0.25, -0.2) is 13.6 Å². The molecular weight excluding hydrogens is 338 g/mol. The Bertz CT molecular complexity index is 742. The van der Waals surface area contributed by atoms with Crippen LogP contribution in [0.2, 0.25) is 0 Å². The van der Waals surface area contributed by atoms with Crippen molar-refractivity contribution < 1.29 is 13.6 Å². The number of benzene rings is 1. The van der Waals surface area contributed by atoms with Gasteiger partial charge in [0.15, 0.2) is 0 Å². The van der Waals surface area contributed by atoms with Crippen molar-refractivity contribution in [2.75, 3.05) is 18.4 Å². The van der Waals surface area contributed by atoms with Gasteiger partial charge < -0.3 is 10.6 Å². The summed E-state index contributed by atoms with van der Waals surface area (Å²) in [7, 11) is 0. The number of amides is 2. The molecule has 1 aliphatic rings. The molecule has 0 aliphatic carbocycles. The number of aromatic nitrogens is 1. The zero-order valence-electron chi connectivity index (χ0n) is 14.4. The van der Waals surface area contributed by atoms with E-state index in [2.05, 4.69) is 20.5 Å². The number of nitrogens with one attached hydrogen (secondary N) is 2. The lowest BCUT2D eigenvalue weighted by Crippen LogP contribution is -2.44. The third-order valence-corrected chi connectivity index (χ3v) is 4.38. The number of pyridine rings is 1. The quantitative estimate of drug-likeness (QED) is 0.877. The first-order chi connectivity index (χ1) is 12.6. The Balaban J connectivity index is 1.56. The highest BCUT2D eigenvalue weighted by molar-refractivity contribution is 5.89. The van der Waals surface area contributed by atoms with E-state index in [0.29, 0.717) is 6.54 Å². The van der Waals surface area contributed by atoms with Crippen LogP contribution in [0.3, 0.4) is 0 Å². The highest BCUT2D eigenvalue weighted by atomic mass is 19.1. The average molecular weight is 360 g/mol. The van der Waals surface area contributed by atoms with Crippen molar-refractivity contribution in [2.24, 2.45) is 0 Å². The summed E-state index contributed by atoms with van der Waals surface area (Å²) in [6, 6.07) is 8.37. The minimum Gasteiger partial charge on any atom is -0.334 e. The van der Waals surface area contributed by atoms with E-state index in [1.807, 2.05) is 18.2 Å². The van der Waals surface area contributed by atoms with Gasteiger partial charge in [0.05, 0.1) is 11.4 Å². The summed E-state index contributed by atoms with van der Waals surface area (Å²) in [6.45, 7) is 2.38. The van der Waals surface area contributed by atoms with Crippen LogP contribution in [0.4, 0.5) is 19.3 Å². The number of nitrogens with zero attached hydrogens (tertiary/aromatic N) is 2. The van der Waals surface area contributed by atoms with Crippen molar-refractivity contribution in [3.8, 4) is 0 Å².